The van der Waals surface area contributed by atoms with Gasteiger partial charge < -0.3 is 10.2 Å². The van der Waals surface area contributed by atoms with Crippen LogP contribution in [0.5, 0.6) is 0 Å². The van der Waals surface area contributed by atoms with E-state index in [1.807, 2.05) is 6.92 Å². The molecule has 1 heterocycles. The molecule has 1 aromatic heterocycles. The number of rotatable bonds is 6. The second kappa shape index (κ2) is 6.70. The SMILES string of the molecule is CCNCc1cc(F)cnc1N(CC)CC(F)(F)F. The van der Waals surface area contributed by atoms with Crippen molar-refractivity contribution in [1.82, 2.24) is 10.3 Å². The smallest absolute Gasteiger partial charge is 0.348 e. The lowest BCUT2D eigenvalue weighted by atomic mass is 10.2. The lowest BCUT2D eigenvalue weighted by Crippen LogP contribution is -2.35. The van der Waals surface area contributed by atoms with Gasteiger partial charge in [-0.2, -0.15) is 13.2 Å². The molecule has 0 unspecified atom stereocenters. The van der Waals surface area contributed by atoms with Crippen molar-refractivity contribution < 1.29 is 17.6 Å². The minimum absolute atomic E-state index is 0.150. The standard InChI is InChI=1S/C12H17F4N3/c1-3-17-6-9-5-10(13)7-18-11(9)19(4-2)8-12(14,15)16/h5,7,17H,3-4,6,8H2,1-2H3. The molecule has 0 saturated carbocycles. The Morgan fingerprint density at radius 2 is 2.00 bits per heavy atom. The monoisotopic (exact) mass is 279 g/mol. The Morgan fingerprint density at radius 3 is 2.53 bits per heavy atom. The minimum Gasteiger partial charge on any atom is -0.348 e. The number of hydrogen-bond donors (Lipinski definition) is 1. The van der Waals surface area contributed by atoms with Crippen LogP contribution in [-0.2, 0) is 6.54 Å². The van der Waals surface area contributed by atoms with E-state index in [4.69, 9.17) is 0 Å². The van der Waals surface area contributed by atoms with Crippen molar-refractivity contribution in [2.24, 2.45) is 0 Å². The summed E-state index contributed by atoms with van der Waals surface area (Å²) >= 11 is 0. The van der Waals surface area contributed by atoms with E-state index in [2.05, 4.69) is 10.3 Å². The van der Waals surface area contributed by atoms with E-state index in [0.29, 0.717) is 12.1 Å². The van der Waals surface area contributed by atoms with Crippen LogP contribution >= 0.6 is 0 Å². The molecule has 0 aromatic carbocycles. The zero-order valence-electron chi connectivity index (χ0n) is 10.9. The van der Waals surface area contributed by atoms with Gasteiger partial charge in [0.1, 0.15) is 18.2 Å². The number of hydrogen-bond acceptors (Lipinski definition) is 3. The molecule has 0 amide bonds. The second-order valence-electron chi connectivity index (χ2n) is 4.05. The number of halogens is 4. The van der Waals surface area contributed by atoms with Gasteiger partial charge in [-0.05, 0) is 19.5 Å². The van der Waals surface area contributed by atoms with E-state index in [1.54, 1.807) is 6.92 Å². The van der Waals surface area contributed by atoms with Crippen LogP contribution in [0.3, 0.4) is 0 Å². The summed E-state index contributed by atoms with van der Waals surface area (Å²) in [7, 11) is 0. The van der Waals surface area contributed by atoms with Gasteiger partial charge in [0.05, 0.1) is 6.20 Å². The van der Waals surface area contributed by atoms with Crippen molar-refractivity contribution in [2.45, 2.75) is 26.6 Å². The lowest BCUT2D eigenvalue weighted by molar-refractivity contribution is -0.119. The molecular weight excluding hydrogens is 262 g/mol. The minimum atomic E-state index is -4.32. The highest BCUT2D eigenvalue weighted by Crippen LogP contribution is 2.23. The first-order valence-electron chi connectivity index (χ1n) is 6.04. The van der Waals surface area contributed by atoms with Crippen LogP contribution in [0.1, 0.15) is 19.4 Å². The first-order chi connectivity index (χ1) is 8.87. The molecule has 0 bridgehead atoms. The maximum atomic E-state index is 13.1. The summed E-state index contributed by atoms with van der Waals surface area (Å²) in [5, 5.41) is 2.96. The van der Waals surface area contributed by atoms with Crippen molar-refractivity contribution in [3.05, 3.63) is 23.6 Å². The summed E-state index contributed by atoms with van der Waals surface area (Å²) < 4.78 is 50.6. The van der Waals surface area contributed by atoms with Crippen molar-refractivity contribution in [3.63, 3.8) is 0 Å². The van der Waals surface area contributed by atoms with Crippen molar-refractivity contribution in [1.29, 1.82) is 0 Å². The van der Waals surface area contributed by atoms with Gasteiger partial charge in [0.2, 0.25) is 0 Å². The second-order valence-corrected chi connectivity index (χ2v) is 4.05. The topological polar surface area (TPSA) is 28.2 Å². The van der Waals surface area contributed by atoms with E-state index in [9.17, 15) is 17.6 Å². The summed E-state index contributed by atoms with van der Waals surface area (Å²) in [5.74, 6) is -0.387. The van der Waals surface area contributed by atoms with Gasteiger partial charge in [0.25, 0.3) is 0 Å². The zero-order chi connectivity index (χ0) is 14.5. The third-order valence-corrected chi connectivity index (χ3v) is 2.53. The highest BCUT2D eigenvalue weighted by molar-refractivity contribution is 5.47. The van der Waals surface area contributed by atoms with E-state index in [-0.39, 0.29) is 18.9 Å². The molecule has 108 valence electrons. The molecule has 0 spiro atoms. The molecule has 1 aromatic rings. The van der Waals surface area contributed by atoms with Crippen molar-refractivity contribution in [3.8, 4) is 0 Å². The quantitative estimate of drug-likeness (QED) is 0.812. The number of nitrogens with zero attached hydrogens (tertiary/aromatic N) is 2. The molecule has 1 N–H and O–H groups in total. The predicted octanol–water partition coefficient (Wildman–Crippen LogP) is 2.72. The zero-order valence-corrected chi connectivity index (χ0v) is 10.9. The summed E-state index contributed by atoms with van der Waals surface area (Å²) in [5.41, 5.74) is 0.424. The fourth-order valence-corrected chi connectivity index (χ4v) is 1.70. The fourth-order valence-electron chi connectivity index (χ4n) is 1.70. The average molecular weight is 279 g/mol. The Morgan fingerprint density at radius 1 is 1.32 bits per heavy atom. The van der Waals surface area contributed by atoms with Crippen LogP contribution < -0.4 is 10.2 Å². The first kappa shape index (κ1) is 15.7. The molecule has 0 aliphatic carbocycles. The third-order valence-electron chi connectivity index (χ3n) is 2.53. The Hall–Kier alpha value is -1.37. The summed E-state index contributed by atoms with van der Waals surface area (Å²) in [6, 6.07) is 1.21. The molecule has 7 heteroatoms. The van der Waals surface area contributed by atoms with Crippen molar-refractivity contribution >= 4 is 5.82 Å². The number of aromatic nitrogens is 1. The van der Waals surface area contributed by atoms with Crippen molar-refractivity contribution in [2.75, 3.05) is 24.5 Å². The van der Waals surface area contributed by atoms with Gasteiger partial charge >= 0.3 is 6.18 Å². The Balaban J connectivity index is 3.01. The van der Waals surface area contributed by atoms with Crippen LogP contribution in [0, 0.1) is 5.82 Å². The maximum Gasteiger partial charge on any atom is 0.405 e. The number of pyridine rings is 1. The molecule has 0 aliphatic heterocycles. The van der Waals surface area contributed by atoms with Gasteiger partial charge in [-0.3, -0.25) is 0 Å². The Kier molecular flexibility index (Phi) is 5.53. The predicted molar refractivity (Wildman–Crippen MR) is 65.5 cm³/mol. The Bertz CT molecular complexity index is 406. The number of alkyl halides is 3. The molecule has 0 saturated heterocycles. The summed E-state index contributed by atoms with van der Waals surface area (Å²) in [6.07, 6.45) is -3.38. The highest BCUT2D eigenvalue weighted by Gasteiger charge is 2.31. The first-order valence-corrected chi connectivity index (χ1v) is 6.04. The van der Waals surface area contributed by atoms with Gasteiger partial charge in [-0.15, -0.1) is 0 Å². The average Bonchev–Trinajstić information content (AvgIpc) is 2.32. The fraction of sp³-hybridized carbons (Fsp3) is 0.583. The molecule has 0 atom stereocenters. The van der Waals surface area contributed by atoms with Gasteiger partial charge in [0, 0.05) is 18.7 Å². The van der Waals surface area contributed by atoms with Crippen LogP contribution in [0.2, 0.25) is 0 Å². The molecule has 19 heavy (non-hydrogen) atoms. The van der Waals surface area contributed by atoms with Gasteiger partial charge in [-0.1, -0.05) is 6.92 Å². The summed E-state index contributed by atoms with van der Waals surface area (Å²) in [6.45, 7) is 3.44. The maximum absolute atomic E-state index is 13.1. The highest BCUT2D eigenvalue weighted by atomic mass is 19.4. The lowest BCUT2D eigenvalue weighted by Gasteiger charge is -2.25. The largest absolute Gasteiger partial charge is 0.405 e. The Labute approximate surface area is 109 Å². The van der Waals surface area contributed by atoms with E-state index in [0.717, 1.165) is 11.1 Å². The third kappa shape index (κ3) is 5.02. The van der Waals surface area contributed by atoms with Crippen LogP contribution in [0.25, 0.3) is 0 Å². The van der Waals surface area contributed by atoms with Gasteiger partial charge in [0.15, 0.2) is 0 Å². The van der Waals surface area contributed by atoms with Gasteiger partial charge in [-0.25, -0.2) is 9.37 Å². The van der Waals surface area contributed by atoms with E-state index < -0.39 is 18.5 Å². The van der Waals surface area contributed by atoms with Crippen LogP contribution in [-0.4, -0.2) is 30.8 Å². The van der Waals surface area contributed by atoms with Crippen LogP contribution in [0.15, 0.2) is 12.3 Å². The normalized spacial score (nSPS) is 11.7. The number of nitrogens with one attached hydrogen (secondary N) is 1. The summed E-state index contributed by atoms with van der Waals surface area (Å²) in [4.78, 5) is 4.89. The number of anilines is 1. The molecule has 1 rings (SSSR count). The molecular formula is C12H17F4N3. The van der Waals surface area contributed by atoms with E-state index in [1.165, 1.54) is 6.07 Å². The van der Waals surface area contributed by atoms with Crippen LogP contribution in [0.4, 0.5) is 23.4 Å². The molecule has 0 fully saturated rings. The molecule has 0 radical (unpaired) electrons. The molecule has 0 aliphatic rings. The molecule has 3 nitrogen and oxygen atoms in total. The van der Waals surface area contributed by atoms with E-state index >= 15 is 0 Å².